The maximum absolute atomic E-state index is 12.0. The quantitative estimate of drug-likeness (QED) is 0.697. The molecule has 0 aliphatic heterocycles. The van der Waals surface area contributed by atoms with Gasteiger partial charge in [-0.25, -0.2) is 9.78 Å². The summed E-state index contributed by atoms with van der Waals surface area (Å²) < 4.78 is 0. The third-order valence-corrected chi connectivity index (χ3v) is 3.65. The van der Waals surface area contributed by atoms with Gasteiger partial charge in [0.2, 0.25) is 0 Å². The van der Waals surface area contributed by atoms with Gasteiger partial charge in [0.15, 0.2) is 5.82 Å². The van der Waals surface area contributed by atoms with Crippen LogP contribution >= 0.6 is 11.6 Å². The van der Waals surface area contributed by atoms with E-state index < -0.39 is 6.03 Å². The normalized spacial score (nSPS) is 9.85. The van der Waals surface area contributed by atoms with Crippen molar-refractivity contribution in [2.24, 2.45) is 0 Å². The first kappa shape index (κ1) is 19.1. The average molecular weight is 374 g/mol. The Kier molecular flexibility index (Phi) is 6.09. The van der Waals surface area contributed by atoms with Crippen LogP contribution in [-0.4, -0.2) is 39.2 Å². The van der Waals surface area contributed by atoms with E-state index in [-0.39, 0.29) is 0 Å². The zero-order valence-electron chi connectivity index (χ0n) is 15.0. The van der Waals surface area contributed by atoms with Gasteiger partial charge in [0.05, 0.1) is 5.69 Å². The molecule has 8 nitrogen and oxygen atoms in total. The van der Waals surface area contributed by atoms with Gasteiger partial charge in [0.25, 0.3) is 0 Å². The molecule has 0 saturated carbocycles. The van der Waals surface area contributed by atoms with E-state index in [0.29, 0.717) is 33.6 Å². The molecule has 3 N–H and O–H groups in total. The number of urea groups is 1. The second-order valence-electron chi connectivity index (χ2n) is 5.84. The van der Waals surface area contributed by atoms with Crippen LogP contribution in [0.5, 0.6) is 0 Å². The van der Waals surface area contributed by atoms with Crippen molar-refractivity contribution in [3.05, 3.63) is 40.9 Å². The van der Waals surface area contributed by atoms with E-state index in [9.17, 15) is 10.1 Å². The lowest BCUT2D eigenvalue weighted by atomic mass is 10.2. The third kappa shape index (κ3) is 4.68. The summed E-state index contributed by atoms with van der Waals surface area (Å²) in [6.07, 6.45) is 0. The summed E-state index contributed by atoms with van der Waals surface area (Å²) in [6.45, 7) is 0. The first-order valence-electron chi connectivity index (χ1n) is 7.70. The van der Waals surface area contributed by atoms with Crippen molar-refractivity contribution in [2.45, 2.75) is 0 Å². The van der Waals surface area contributed by atoms with E-state index in [2.05, 4.69) is 27.2 Å². The van der Waals surface area contributed by atoms with Crippen LogP contribution in [0.25, 0.3) is 0 Å². The summed E-state index contributed by atoms with van der Waals surface area (Å²) in [5.74, 6) is 0.906. The second kappa shape index (κ2) is 8.27. The van der Waals surface area contributed by atoms with Crippen LogP contribution in [0.1, 0.15) is 5.56 Å². The summed E-state index contributed by atoms with van der Waals surface area (Å²) in [5, 5.41) is 12.7. The van der Waals surface area contributed by atoms with E-state index in [4.69, 9.17) is 11.6 Å². The Morgan fingerprint density at radius 2 is 1.81 bits per heavy atom. The first-order chi connectivity index (χ1) is 12.3. The summed E-state index contributed by atoms with van der Waals surface area (Å²) in [6, 6.07) is 10.1. The fourth-order valence-corrected chi connectivity index (χ4v) is 2.31. The number of nitriles is 1. The van der Waals surface area contributed by atoms with Crippen molar-refractivity contribution in [1.82, 2.24) is 10.4 Å². The Balaban J connectivity index is 2.14. The minimum atomic E-state index is -0.462. The molecule has 9 heteroatoms. The van der Waals surface area contributed by atoms with Crippen LogP contribution in [-0.2, 0) is 0 Å². The predicted octanol–water partition coefficient (Wildman–Crippen LogP) is 2.89. The lowest BCUT2D eigenvalue weighted by Crippen LogP contribution is -2.34. The SMILES string of the molecule is CN(C)c1cc(NNC(=O)Nc2ccc(Cl)cc2)nc(N(C)C)c1C#N. The number of hydrogen-bond donors (Lipinski definition) is 3. The molecule has 1 heterocycles. The number of rotatable bonds is 5. The number of pyridine rings is 1. The summed E-state index contributed by atoms with van der Waals surface area (Å²) >= 11 is 5.81. The number of hydrazine groups is 1. The topological polar surface area (TPSA) is 96.3 Å². The maximum atomic E-state index is 12.0. The molecule has 0 bridgehead atoms. The number of amides is 2. The molecule has 0 atom stereocenters. The van der Waals surface area contributed by atoms with Gasteiger partial charge in [-0.05, 0) is 24.3 Å². The van der Waals surface area contributed by atoms with E-state index in [1.165, 1.54) is 0 Å². The minimum absolute atomic E-state index is 0.405. The van der Waals surface area contributed by atoms with Crippen LogP contribution in [0.4, 0.5) is 27.8 Å². The summed E-state index contributed by atoms with van der Waals surface area (Å²) in [4.78, 5) is 19.9. The molecule has 0 radical (unpaired) electrons. The standard InChI is InChI=1S/C17H20ClN7O/c1-24(2)14-9-15(21-16(25(3)4)13(14)10-19)22-23-17(26)20-12-7-5-11(18)6-8-12/h5-9H,1-4H3,(H,21,22)(H2,20,23,26). The molecule has 1 aromatic heterocycles. The van der Waals surface area contributed by atoms with Crippen molar-refractivity contribution in [1.29, 1.82) is 5.26 Å². The molecule has 0 fully saturated rings. The summed E-state index contributed by atoms with van der Waals surface area (Å²) in [5.41, 5.74) is 7.02. The van der Waals surface area contributed by atoms with E-state index >= 15 is 0 Å². The third-order valence-electron chi connectivity index (χ3n) is 3.40. The van der Waals surface area contributed by atoms with Crippen molar-refractivity contribution in [3.8, 4) is 6.07 Å². The molecular weight excluding hydrogens is 354 g/mol. The molecule has 0 aliphatic rings. The van der Waals surface area contributed by atoms with Crippen molar-refractivity contribution < 1.29 is 4.79 Å². The monoisotopic (exact) mass is 373 g/mol. The van der Waals surface area contributed by atoms with Gasteiger partial charge in [-0.3, -0.25) is 10.9 Å². The van der Waals surface area contributed by atoms with E-state index in [0.717, 1.165) is 0 Å². The summed E-state index contributed by atoms with van der Waals surface area (Å²) in [7, 11) is 7.26. The molecule has 136 valence electrons. The first-order valence-corrected chi connectivity index (χ1v) is 8.08. The molecule has 26 heavy (non-hydrogen) atoms. The molecule has 0 spiro atoms. The van der Waals surface area contributed by atoms with E-state index in [1.54, 1.807) is 49.3 Å². The van der Waals surface area contributed by atoms with E-state index in [1.807, 2.05) is 19.0 Å². The highest BCUT2D eigenvalue weighted by Crippen LogP contribution is 2.28. The van der Waals surface area contributed by atoms with Gasteiger partial charge in [0.1, 0.15) is 17.5 Å². The number of carbonyl (C=O) groups is 1. The lowest BCUT2D eigenvalue weighted by Gasteiger charge is -2.21. The molecule has 1 aromatic carbocycles. The minimum Gasteiger partial charge on any atom is -0.376 e. The number of carbonyl (C=O) groups excluding carboxylic acids is 1. The number of nitrogens with one attached hydrogen (secondary N) is 3. The number of aromatic nitrogens is 1. The highest BCUT2D eigenvalue weighted by molar-refractivity contribution is 6.30. The van der Waals surface area contributed by atoms with Crippen molar-refractivity contribution >= 4 is 40.6 Å². The molecule has 2 rings (SSSR count). The second-order valence-corrected chi connectivity index (χ2v) is 6.27. The Hall–Kier alpha value is -3.18. The van der Waals surface area contributed by atoms with Gasteiger partial charge in [-0.1, -0.05) is 11.6 Å². The van der Waals surface area contributed by atoms with Crippen LogP contribution < -0.4 is 26.0 Å². The van der Waals surface area contributed by atoms with Gasteiger partial charge < -0.3 is 15.1 Å². The number of benzene rings is 1. The molecule has 0 unspecified atom stereocenters. The number of nitrogens with zero attached hydrogens (tertiary/aromatic N) is 4. The lowest BCUT2D eigenvalue weighted by molar-refractivity contribution is 0.254. The predicted molar refractivity (Wildman–Crippen MR) is 105 cm³/mol. The zero-order chi connectivity index (χ0) is 19.3. The molecule has 0 aliphatic carbocycles. The fourth-order valence-electron chi connectivity index (χ4n) is 2.18. The van der Waals surface area contributed by atoms with Crippen molar-refractivity contribution in [3.63, 3.8) is 0 Å². The maximum Gasteiger partial charge on any atom is 0.337 e. The van der Waals surface area contributed by atoms with Gasteiger partial charge >= 0.3 is 6.03 Å². The highest BCUT2D eigenvalue weighted by Gasteiger charge is 2.16. The molecule has 0 saturated heterocycles. The van der Waals surface area contributed by atoms with Gasteiger partial charge in [0, 0.05) is 45.0 Å². The largest absolute Gasteiger partial charge is 0.376 e. The van der Waals surface area contributed by atoms with Crippen molar-refractivity contribution in [2.75, 3.05) is 48.7 Å². The zero-order valence-corrected chi connectivity index (χ0v) is 15.7. The molecular formula is C17H20ClN7O. The van der Waals surface area contributed by atoms with Gasteiger partial charge in [-0.15, -0.1) is 0 Å². The van der Waals surface area contributed by atoms with Crippen LogP contribution in [0.3, 0.4) is 0 Å². The van der Waals surface area contributed by atoms with Gasteiger partial charge in [-0.2, -0.15) is 5.26 Å². The number of hydrogen-bond acceptors (Lipinski definition) is 6. The van der Waals surface area contributed by atoms with Crippen LogP contribution in [0.15, 0.2) is 30.3 Å². The fraction of sp³-hybridized carbons (Fsp3) is 0.235. The molecule has 2 aromatic rings. The van der Waals surface area contributed by atoms with Crippen LogP contribution in [0.2, 0.25) is 5.02 Å². The Morgan fingerprint density at radius 1 is 1.15 bits per heavy atom. The average Bonchev–Trinajstić information content (AvgIpc) is 2.60. The Bertz CT molecular complexity index is 799. The Labute approximate surface area is 157 Å². The highest BCUT2D eigenvalue weighted by atomic mass is 35.5. The number of anilines is 4. The number of halogens is 1. The van der Waals surface area contributed by atoms with Crippen LogP contribution in [0, 0.1) is 11.3 Å². The molecule has 2 amide bonds. The smallest absolute Gasteiger partial charge is 0.337 e. The Morgan fingerprint density at radius 3 is 2.35 bits per heavy atom.